The molecule has 0 radical (unpaired) electrons. The van der Waals surface area contributed by atoms with E-state index in [-0.39, 0.29) is 17.8 Å². The number of aromatic nitrogens is 3. The number of amides is 1. The van der Waals surface area contributed by atoms with Crippen LogP contribution in [0, 0.1) is 5.82 Å². The number of hydrogen-bond donors (Lipinski definition) is 1. The molecule has 1 N–H and O–H groups in total. The van der Waals surface area contributed by atoms with Crippen LogP contribution in [0.25, 0.3) is 0 Å². The number of carbonyl (C=O) groups is 1. The second-order valence-corrected chi connectivity index (χ2v) is 7.98. The Bertz CT molecular complexity index is 930. The molecule has 1 amide bonds. The van der Waals surface area contributed by atoms with E-state index < -0.39 is 0 Å². The number of nitrogens with zero attached hydrogens (tertiary/aromatic N) is 4. The molecule has 0 bridgehead atoms. The van der Waals surface area contributed by atoms with Crippen LogP contribution in [0.1, 0.15) is 37.4 Å². The lowest BCUT2D eigenvalue weighted by Crippen LogP contribution is -2.35. The SMILES string of the molecule is CC(C)N(CCC(=O)NCCc1ccccn1)c1nc(Cc2ccc(F)cc2)ns1. The van der Waals surface area contributed by atoms with Crippen molar-refractivity contribution in [1.29, 1.82) is 0 Å². The fourth-order valence-corrected chi connectivity index (χ4v) is 3.82. The molecule has 0 spiro atoms. The lowest BCUT2D eigenvalue weighted by atomic mass is 10.1. The van der Waals surface area contributed by atoms with Crippen LogP contribution < -0.4 is 10.2 Å². The van der Waals surface area contributed by atoms with Gasteiger partial charge in [-0.1, -0.05) is 18.2 Å². The summed E-state index contributed by atoms with van der Waals surface area (Å²) >= 11 is 1.33. The Kier molecular flexibility index (Phi) is 7.84. The Morgan fingerprint density at radius 1 is 1.20 bits per heavy atom. The van der Waals surface area contributed by atoms with Gasteiger partial charge in [0.05, 0.1) is 0 Å². The summed E-state index contributed by atoms with van der Waals surface area (Å²) in [5.74, 6) is 0.453. The summed E-state index contributed by atoms with van der Waals surface area (Å²) in [6.07, 6.45) is 3.40. The smallest absolute Gasteiger partial charge is 0.221 e. The van der Waals surface area contributed by atoms with Gasteiger partial charge < -0.3 is 10.2 Å². The maximum atomic E-state index is 13.1. The average Bonchev–Trinajstić information content (AvgIpc) is 3.18. The average molecular weight is 428 g/mol. The first-order chi connectivity index (χ1) is 14.5. The molecule has 0 aliphatic rings. The summed E-state index contributed by atoms with van der Waals surface area (Å²) in [6, 6.07) is 12.3. The molecule has 158 valence electrons. The van der Waals surface area contributed by atoms with E-state index in [1.165, 1.54) is 23.7 Å². The lowest BCUT2D eigenvalue weighted by molar-refractivity contribution is -0.120. The molecule has 30 heavy (non-hydrogen) atoms. The minimum atomic E-state index is -0.255. The van der Waals surface area contributed by atoms with E-state index in [0.29, 0.717) is 38.2 Å². The van der Waals surface area contributed by atoms with Crippen LogP contribution >= 0.6 is 11.5 Å². The Morgan fingerprint density at radius 3 is 2.70 bits per heavy atom. The first-order valence-corrected chi connectivity index (χ1v) is 10.8. The molecular formula is C22H26FN5OS. The van der Waals surface area contributed by atoms with Crippen LogP contribution in [0.3, 0.4) is 0 Å². The highest BCUT2D eigenvalue weighted by molar-refractivity contribution is 7.09. The zero-order valence-electron chi connectivity index (χ0n) is 17.2. The summed E-state index contributed by atoms with van der Waals surface area (Å²) in [7, 11) is 0. The Hall–Kier alpha value is -2.87. The molecule has 8 heteroatoms. The van der Waals surface area contributed by atoms with Gasteiger partial charge in [0.25, 0.3) is 0 Å². The number of anilines is 1. The van der Waals surface area contributed by atoms with Crippen LogP contribution in [0.15, 0.2) is 48.7 Å². The highest BCUT2D eigenvalue weighted by Crippen LogP contribution is 2.21. The fourth-order valence-electron chi connectivity index (χ4n) is 2.98. The molecule has 6 nitrogen and oxygen atoms in total. The van der Waals surface area contributed by atoms with Crippen molar-refractivity contribution in [3.63, 3.8) is 0 Å². The van der Waals surface area contributed by atoms with Gasteiger partial charge >= 0.3 is 0 Å². The van der Waals surface area contributed by atoms with E-state index in [4.69, 9.17) is 0 Å². The van der Waals surface area contributed by atoms with Gasteiger partial charge in [-0.2, -0.15) is 4.37 Å². The quantitative estimate of drug-likeness (QED) is 0.535. The molecular weight excluding hydrogens is 401 g/mol. The minimum Gasteiger partial charge on any atom is -0.356 e. The molecule has 0 atom stereocenters. The van der Waals surface area contributed by atoms with Crippen LogP contribution in [-0.4, -0.2) is 39.4 Å². The molecule has 3 aromatic rings. The van der Waals surface area contributed by atoms with Gasteiger partial charge in [0.15, 0.2) is 0 Å². The number of benzene rings is 1. The predicted molar refractivity (Wildman–Crippen MR) is 117 cm³/mol. The largest absolute Gasteiger partial charge is 0.356 e. The third-order valence-electron chi connectivity index (χ3n) is 4.61. The van der Waals surface area contributed by atoms with Crippen LogP contribution in [0.5, 0.6) is 0 Å². The van der Waals surface area contributed by atoms with Gasteiger partial charge in [-0.05, 0) is 43.7 Å². The van der Waals surface area contributed by atoms with Crippen molar-refractivity contribution in [3.05, 3.63) is 71.6 Å². The zero-order chi connectivity index (χ0) is 21.3. The van der Waals surface area contributed by atoms with Crippen molar-refractivity contribution in [3.8, 4) is 0 Å². The number of rotatable bonds is 10. The van der Waals surface area contributed by atoms with Gasteiger partial charge in [0.1, 0.15) is 11.6 Å². The van der Waals surface area contributed by atoms with Crippen LogP contribution in [0.4, 0.5) is 9.52 Å². The van der Waals surface area contributed by atoms with Gasteiger partial charge in [-0.3, -0.25) is 9.78 Å². The summed E-state index contributed by atoms with van der Waals surface area (Å²) < 4.78 is 17.5. The van der Waals surface area contributed by atoms with Gasteiger partial charge in [-0.15, -0.1) is 0 Å². The first-order valence-electron chi connectivity index (χ1n) is 10.0. The Balaban J connectivity index is 1.50. The zero-order valence-corrected chi connectivity index (χ0v) is 18.0. The van der Waals surface area contributed by atoms with Crippen molar-refractivity contribution >= 4 is 22.6 Å². The molecule has 2 aromatic heterocycles. The number of carbonyl (C=O) groups excluding carboxylic acids is 1. The predicted octanol–water partition coefficient (Wildman–Crippen LogP) is 3.63. The lowest BCUT2D eigenvalue weighted by Gasteiger charge is -2.25. The van der Waals surface area contributed by atoms with Crippen molar-refractivity contribution in [2.45, 2.75) is 39.2 Å². The maximum Gasteiger partial charge on any atom is 0.221 e. The van der Waals surface area contributed by atoms with E-state index in [9.17, 15) is 9.18 Å². The number of pyridine rings is 1. The minimum absolute atomic E-state index is 0.00707. The van der Waals surface area contributed by atoms with Crippen molar-refractivity contribution in [1.82, 2.24) is 19.7 Å². The molecule has 3 rings (SSSR count). The molecule has 2 heterocycles. The van der Waals surface area contributed by atoms with Gasteiger partial charge in [-0.25, -0.2) is 9.37 Å². The normalized spacial score (nSPS) is 10.9. The fraction of sp³-hybridized carbons (Fsp3) is 0.364. The summed E-state index contributed by atoms with van der Waals surface area (Å²) in [6.45, 7) is 5.27. The highest BCUT2D eigenvalue weighted by atomic mass is 32.1. The maximum absolute atomic E-state index is 13.1. The summed E-state index contributed by atoms with van der Waals surface area (Å²) in [5.41, 5.74) is 1.92. The van der Waals surface area contributed by atoms with Gasteiger partial charge in [0, 0.05) is 61.8 Å². The van der Waals surface area contributed by atoms with E-state index >= 15 is 0 Å². The van der Waals surface area contributed by atoms with Crippen molar-refractivity contribution < 1.29 is 9.18 Å². The molecule has 0 saturated carbocycles. The molecule has 0 unspecified atom stereocenters. The molecule has 1 aromatic carbocycles. The van der Waals surface area contributed by atoms with Gasteiger partial charge in [0.2, 0.25) is 11.0 Å². The second kappa shape index (κ2) is 10.8. The molecule has 0 fully saturated rings. The standard InChI is InChI=1S/C22H26FN5OS/c1-16(2)28(14-11-21(29)25-13-10-19-5-3-4-12-24-19)22-26-20(27-30-22)15-17-6-8-18(23)9-7-17/h3-9,12,16H,10-11,13-15H2,1-2H3,(H,25,29). The third-order valence-corrected chi connectivity index (χ3v) is 5.40. The van der Waals surface area contributed by atoms with Crippen LogP contribution in [0.2, 0.25) is 0 Å². The highest BCUT2D eigenvalue weighted by Gasteiger charge is 2.17. The Labute approximate surface area is 180 Å². The Morgan fingerprint density at radius 2 is 2.00 bits per heavy atom. The van der Waals surface area contributed by atoms with E-state index in [1.807, 2.05) is 18.2 Å². The molecule has 0 aliphatic heterocycles. The van der Waals surface area contributed by atoms with Crippen molar-refractivity contribution in [2.24, 2.45) is 0 Å². The number of hydrogen-bond acceptors (Lipinski definition) is 6. The van der Waals surface area contributed by atoms with Crippen molar-refractivity contribution in [2.75, 3.05) is 18.0 Å². The van der Waals surface area contributed by atoms with E-state index in [0.717, 1.165) is 16.4 Å². The molecule has 0 aliphatic carbocycles. The topological polar surface area (TPSA) is 71.0 Å². The first kappa shape index (κ1) is 21.8. The third kappa shape index (κ3) is 6.59. The van der Waals surface area contributed by atoms with E-state index in [2.05, 4.69) is 38.4 Å². The number of halogens is 1. The monoisotopic (exact) mass is 427 g/mol. The number of nitrogens with one attached hydrogen (secondary N) is 1. The molecule has 0 saturated heterocycles. The van der Waals surface area contributed by atoms with Crippen LogP contribution in [-0.2, 0) is 17.6 Å². The second-order valence-electron chi connectivity index (χ2n) is 7.25. The summed E-state index contributed by atoms with van der Waals surface area (Å²) in [5, 5.41) is 3.75. The summed E-state index contributed by atoms with van der Waals surface area (Å²) in [4.78, 5) is 23.2. The van der Waals surface area contributed by atoms with E-state index in [1.54, 1.807) is 18.3 Å².